The van der Waals surface area contributed by atoms with Crippen molar-refractivity contribution in [3.05, 3.63) is 76.6 Å². The fourth-order valence-corrected chi connectivity index (χ4v) is 6.03. The van der Waals surface area contributed by atoms with Crippen LogP contribution in [0.1, 0.15) is 38.8 Å². The van der Waals surface area contributed by atoms with E-state index in [1.54, 1.807) is 30.3 Å². The van der Waals surface area contributed by atoms with Crippen molar-refractivity contribution in [1.82, 2.24) is 20.2 Å². The lowest BCUT2D eigenvalue weighted by Gasteiger charge is -2.27. The van der Waals surface area contributed by atoms with E-state index >= 15 is 0 Å². The highest BCUT2D eigenvalue weighted by Gasteiger charge is 2.54. The first-order valence-corrected chi connectivity index (χ1v) is 12.3. The molecular weight excluding hydrogens is 470 g/mol. The Labute approximate surface area is 204 Å². The summed E-state index contributed by atoms with van der Waals surface area (Å²) in [5, 5.41) is 4.26. The number of benzene rings is 2. The van der Waals surface area contributed by atoms with Crippen molar-refractivity contribution in [2.75, 3.05) is 6.54 Å². The number of hydrogen-bond donors (Lipinski definition) is 2. The zero-order valence-electron chi connectivity index (χ0n) is 18.8. The summed E-state index contributed by atoms with van der Waals surface area (Å²) in [6.45, 7) is 2.11. The first-order valence-electron chi connectivity index (χ1n) is 11.5. The molecule has 1 saturated carbocycles. The van der Waals surface area contributed by atoms with Gasteiger partial charge in [-0.3, -0.25) is 9.59 Å². The lowest BCUT2D eigenvalue weighted by Crippen LogP contribution is -2.45. The number of nitrogens with one attached hydrogen (secondary N) is 2. The molecule has 2 aromatic carbocycles. The molecule has 2 amide bonds. The number of aromatic nitrogens is 2. The van der Waals surface area contributed by atoms with Gasteiger partial charge in [-0.1, -0.05) is 24.3 Å². The van der Waals surface area contributed by atoms with Crippen LogP contribution in [0.2, 0.25) is 0 Å². The second kappa shape index (κ2) is 8.27. The molecule has 6 rings (SSSR count). The molecule has 1 saturated heterocycles. The van der Waals surface area contributed by atoms with Gasteiger partial charge < -0.3 is 15.2 Å². The van der Waals surface area contributed by atoms with Gasteiger partial charge in [-0.25, -0.2) is 13.8 Å². The molecule has 3 heterocycles. The summed E-state index contributed by atoms with van der Waals surface area (Å²) < 4.78 is 27.8. The first-order chi connectivity index (χ1) is 16.9. The van der Waals surface area contributed by atoms with E-state index in [2.05, 4.69) is 15.3 Å². The molecule has 4 aromatic rings. The number of carbonyl (C=O) groups excluding carboxylic acids is 2. The van der Waals surface area contributed by atoms with Gasteiger partial charge in [0.2, 0.25) is 0 Å². The van der Waals surface area contributed by atoms with Crippen LogP contribution < -0.4 is 5.32 Å². The molecule has 6 nitrogen and oxygen atoms in total. The Morgan fingerprint density at radius 2 is 2.00 bits per heavy atom. The molecular formula is C26H22F2N4O2S. The number of rotatable bonds is 5. The monoisotopic (exact) mass is 492 g/mol. The first kappa shape index (κ1) is 21.9. The number of nitrogens with zero attached hydrogens (tertiary/aromatic N) is 2. The number of carbonyl (C=O) groups is 2. The highest BCUT2D eigenvalue weighted by molar-refractivity contribution is 7.15. The van der Waals surface area contributed by atoms with Crippen molar-refractivity contribution in [2.24, 2.45) is 5.92 Å². The van der Waals surface area contributed by atoms with Gasteiger partial charge in [0, 0.05) is 18.0 Å². The van der Waals surface area contributed by atoms with E-state index in [9.17, 15) is 18.4 Å². The van der Waals surface area contributed by atoms with Crippen LogP contribution in [-0.2, 0) is 0 Å². The normalized spacial score (nSPS) is 20.8. The summed E-state index contributed by atoms with van der Waals surface area (Å²) in [4.78, 5) is 36.3. The fraction of sp³-hybridized carbons (Fsp3) is 0.269. The van der Waals surface area contributed by atoms with Crippen molar-refractivity contribution >= 4 is 34.1 Å². The summed E-state index contributed by atoms with van der Waals surface area (Å²) >= 11 is 1.37. The zero-order valence-corrected chi connectivity index (χ0v) is 19.7. The van der Waals surface area contributed by atoms with E-state index in [1.807, 2.05) is 11.8 Å². The van der Waals surface area contributed by atoms with Gasteiger partial charge in [-0.15, -0.1) is 11.3 Å². The Morgan fingerprint density at radius 3 is 2.80 bits per heavy atom. The second-order valence-electron chi connectivity index (χ2n) is 9.18. The third kappa shape index (κ3) is 3.89. The molecule has 1 aliphatic heterocycles. The molecule has 2 aliphatic rings. The van der Waals surface area contributed by atoms with E-state index in [-0.39, 0.29) is 42.0 Å². The lowest BCUT2D eigenvalue weighted by molar-refractivity contribution is 0.0684. The molecule has 3 atom stereocenters. The van der Waals surface area contributed by atoms with E-state index in [0.29, 0.717) is 33.0 Å². The molecule has 1 aliphatic carbocycles. The van der Waals surface area contributed by atoms with E-state index in [0.717, 1.165) is 17.8 Å². The summed E-state index contributed by atoms with van der Waals surface area (Å²) in [6.07, 6.45) is 1.74. The van der Waals surface area contributed by atoms with Crippen LogP contribution in [0.25, 0.3) is 21.3 Å². The van der Waals surface area contributed by atoms with E-state index < -0.39 is 5.82 Å². The van der Waals surface area contributed by atoms with Crippen LogP contribution in [0.15, 0.2) is 48.5 Å². The lowest BCUT2D eigenvalue weighted by atomic mass is 10.1. The molecule has 0 unspecified atom stereocenters. The van der Waals surface area contributed by atoms with Crippen molar-refractivity contribution in [1.29, 1.82) is 0 Å². The Hall–Kier alpha value is -3.59. The van der Waals surface area contributed by atoms with Gasteiger partial charge in [0.05, 0.1) is 21.4 Å². The van der Waals surface area contributed by atoms with Gasteiger partial charge in [0.25, 0.3) is 11.8 Å². The third-order valence-corrected chi connectivity index (χ3v) is 7.84. The highest BCUT2D eigenvalue weighted by atomic mass is 32.1. The number of aromatic amines is 1. The predicted molar refractivity (Wildman–Crippen MR) is 129 cm³/mol. The highest BCUT2D eigenvalue weighted by Crippen LogP contribution is 2.48. The van der Waals surface area contributed by atoms with E-state index in [1.165, 1.54) is 29.5 Å². The Balaban J connectivity index is 1.22. The van der Waals surface area contributed by atoms with Gasteiger partial charge in [-0.2, -0.15) is 0 Å². The largest absolute Gasteiger partial charge is 0.349 e. The number of H-pyrrole nitrogens is 1. The van der Waals surface area contributed by atoms with Crippen molar-refractivity contribution in [3.63, 3.8) is 0 Å². The molecule has 35 heavy (non-hydrogen) atoms. The fourth-order valence-electron chi connectivity index (χ4n) is 5.12. The average molecular weight is 493 g/mol. The average Bonchev–Trinajstić information content (AvgIpc) is 3.17. The molecule has 0 radical (unpaired) electrons. The molecule has 2 N–H and O–H groups in total. The number of likely N-dealkylation sites (tertiary alicyclic amines) is 1. The molecule has 9 heteroatoms. The van der Waals surface area contributed by atoms with Crippen LogP contribution in [0.3, 0.4) is 0 Å². The number of para-hydroxylation sites is 1. The predicted octanol–water partition coefficient (Wildman–Crippen LogP) is 4.91. The molecule has 2 fully saturated rings. The zero-order chi connectivity index (χ0) is 24.3. The maximum Gasteiger partial charge on any atom is 0.274 e. The summed E-state index contributed by atoms with van der Waals surface area (Å²) in [5.74, 6) is -0.904. The van der Waals surface area contributed by atoms with Gasteiger partial charge >= 0.3 is 0 Å². The Morgan fingerprint density at radius 1 is 1.17 bits per heavy atom. The smallest absolute Gasteiger partial charge is 0.274 e. The van der Waals surface area contributed by atoms with Crippen LogP contribution >= 0.6 is 11.3 Å². The number of piperidine rings is 1. The number of hydrogen-bond acceptors (Lipinski definition) is 4. The van der Waals surface area contributed by atoms with Crippen LogP contribution in [-0.4, -0.2) is 45.3 Å². The number of aryl methyl sites for hydroxylation is 1. The third-order valence-electron chi connectivity index (χ3n) is 6.82. The van der Waals surface area contributed by atoms with Crippen LogP contribution in [0, 0.1) is 24.5 Å². The molecule has 2 aromatic heterocycles. The minimum atomic E-state index is -0.415. The molecule has 0 spiro atoms. The summed E-state index contributed by atoms with van der Waals surface area (Å²) in [7, 11) is 0. The second-order valence-corrected chi connectivity index (χ2v) is 10.4. The van der Waals surface area contributed by atoms with Crippen LogP contribution in [0.4, 0.5) is 8.78 Å². The molecule has 178 valence electrons. The Bertz CT molecular complexity index is 1480. The van der Waals surface area contributed by atoms with E-state index in [4.69, 9.17) is 0 Å². The van der Waals surface area contributed by atoms with Crippen molar-refractivity contribution in [3.8, 4) is 10.4 Å². The maximum atomic E-state index is 14.0. The summed E-state index contributed by atoms with van der Waals surface area (Å²) in [5.41, 5.74) is 1.52. The van der Waals surface area contributed by atoms with Gasteiger partial charge in [-0.05, 0) is 55.5 Å². The van der Waals surface area contributed by atoms with Gasteiger partial charge in [0.15, 0.2) is 0 Å². The standard InChI is InChI=1S/C26H22F2N4O2S/c1-13-30-23(24(35-13)15-5-2-6-17(27)8-15)26(34)32-18(9-16-11-21(16)32)12-29-25(33)20-10-14-4-3-7-19(28)22(14)31-20/h2-8,10,16,18,21,31H,9,11-12H2,1H3,(H,29,33)/t16-,18+,21+/m1/s1. The van der Waals surface area contributed by atoms with Crippen molar-refractivity contribution < 1.29 is 18.4 Å². The number of amides is 2. The summed E-state index contributed by atoms with van der Waals surface area (Å²) in [6, 6.07) is 12.4. The number of halogens is 2. The minimum absolute atomic E-state index is 0.133. The maximum absolute atomic E-state index is 14.0. The van der Waals surface area contributed by atoms with Gasteiger partial charge in [0.1, 0.15) is 23.0 Å². The quantitative estimate of drug-likeness (QED) is 0.416. The Kier molecular flexibility index (Phi) is 5.17. The van der Waals surface area contributed by atoms with Crippen molar-refractivity contribution in [2.45, 2.75) is 31.8 Å². The number of thiazole rings is 1. The number of fused-ring (bicyclic) bond motifs is 2. The minimum Gasteiger partial charge on any atom is -0.349 e. The topological polar surface area (TPSA) is 78.1 Å². The van der Waals surface area contributed by atoms with Crippen LogP contribution in [0.5, 0.6) is 0 Å². The SMILES string of the molecule is Cc1nc(C(=O)N2[C@H](CNC(=O)c3cc4cccc(F)c4[nH]3)C[C@@H]3C[C@@H]32)c(-c2cccc(F)c2)s1. The molecule has 0 bridgehead atoms.